The van der Waals surface area contributed by atoms with Gasteiger partial charge < -0.3 is 10.6 Å². The van der Waals surface area contributed by atoms with Crippen LogP contribution >= 0.6 is 11.8 Å². The summed E-state index contributed by atoms with van der Waals surface area (Å²) >= 11 is 1.94. The molecule has 1 atom stereocenters. The molecule has 0 radical (unpaired) electrons. The quantitative estimate of drug-likeness (QED) is 0.861. The van der Waals surface area contributed by atoms with E-state index < -0.39 is 0 Å². The molecule has 0 bridgehead atoms. The third kappa shape index (κ3) is 3.32. The van der Waals surface area contributed by atoms with Gasteiger partial charge in [-0.3, -0.25) is 4.79 Å². The molecule has 2 N–H and O–H groups in total. The molecule has 2 aliphatic rings. The van der Waals surface area contributed by atoms with Crippen LogP contribution in [0.2, 0.25) is 0 Å². The number of carbonyl (C=O) groups is 1. The lowest BCUT2D eigenvalue weighted by molar-refractivity contribution is 0.0948. The minimum absolute atomic E-state index is 0.0994. The molecule has 6 nitrogen and oxygen atoms in total. The highest BCUT2D eigenvalue weighted by atomic mass is 32.2. The van der Waals surface area contributed by atoms with Crippen LogP contribution in [0, 0.1) is 0 Å². The maximum absolute atomic E-state index is 12.0. The predicted molar refractivity (Wildman–Crippen MR) is 79.0 cm³/mol. The highest BCUT2D eigenvalue weighted by molar-refractivity contribution is 8.00. The van der Waals surface area contributed by atoms with Crippen LogP contribution in [0.1, 0.15) is 42.2 Å². The third-order valence-electron chi connectivity index (χ3n) is 3.94. The summed E-state index contributed by atoms with van der Waals surface area (Å²) in [4.78, 5) is 12.0. The Balaban J connectivity index is 1.53. The van der Waals surface area contributed by atoms with Crippen molar-refractivity contribution in [3.05, 3.63) is 11.9 Å². The van der Waals surface area contributed by atoms with Crippen molar-refractivity contribution in [2.24, 2.45) is 0 Å². The normalized spacial score (nSPS) is 23.9. The van der Waals surface area contributed by atoms with E-state index in [-0.39, 0.29) is 5.91 Å². The third-order valence-corrected chi connectivity index (χ3v) is 5.34. The second-order valence-corrected chi connectivity index (χ2v) is 6.82. The molecule has 2 aliphatic heterocycles. The second-order valence-electron chi connectivity index (χ2n) is 5.41. The van der Waals surface area contributed by atoms with E-state index >= 15 is 0 Å². The predicted octanol–water partition coefficient (Wildman–Crippen LogP) is 0.828. The molecule has 3 rings (SSSR count). The van der Waals surface area contributed by atoms with Gasteiger partial charge in [-0.25, -0.2) is 4.68 Å². The van der Waals surface area contributed by atoms with Gasteiger partial charge in [0.05, 0.1) is 12.2 Å². The summed E-state index contributed by atoms with van der Waals surface area (Å²) in [6.45, 7) is 2.75. The number of carbonyl (C=O) groups excluding carboxylic acids is 1. The average molecular weight is 295 g/mol. The van der Waals surface area contributed by atoms with Crippen molar-refractivity contribution in [2.45, 2.75) is 37.0 Å². The maximum atomic E-state index is 12.0. The molecule has 20 heavy (non-hydrogen) atoms. The van der Waals surface area contributed by atoms with Crippen LogP contribution in [0.15, 0.2) is 6.20 Å². The average Bonchev–Trinajstić information content (AvgIpc) is 3.17. The summed E-state index contributed by atoms with van der Waals surface area (Å²) in [6.07, 6.45) is 6.34. The van der Waals surface area contributed by atoms with Gasteiger partial charge in [0.15, 0.2) is 5.69 Å². The van der Waals surface area contributed by atoms with Crippen molar-refractivity contribution in [2.75, 3.05) is 25.4 Å². The molecule has 7 heteroatoms. The summed E-state index contributed by atoms with van der Waals surface area (Å²) in [5.74, 6) is 1.12. The van der Waals surface area contributed by atoms with Crippen LogP contribution in [0.4, 0.5) is 0 Å². The molecule has 0 aliphatic carbocycles. The van der Waals surface area contributed by atoms with E-state index in [1.807, 2.05) is 16.4 Å². The molecule has 3 heterocycles. The van der Waals surface area contributed by atoms with Crippen molar-refractivity contribution >= 4 is 17.7 Å². The standard InChI is InChI=1S/C13H21N5OS/c19-13(15-8-11-2-1-7-20-11)12-9-18(17-16-12)10-3-5-14-6-4-10/h9-11,14H,1-8H2,(H,15,19). The van der Waals surface area contributed by atoms with E-state index in [1.54, 1.807) is 6.20 Å². The molecule has 2 saturated heterocycles. The number of hydrogen-bond acceptors (Lipinski definition) is 5. The topological polar surface area (TPSA) is 71.8 Å². The fourth-order valence-corrected chi connectivity index (χ4v) is 3.93. The zero-order chi connectivity index (χ0) is 13.8. The van der Waals surface area contributed by atoms with Crippen molar-refractivity contribution < 1.29 is 4.79 Å². The van der Waals surface area contributed by atoms with Crippen LogP contribution in [0.3, 0.4) is 0 Å². The smallest absolute Gasteiger partial charge is 0.273 e. The Bertz CT molecular complexity index is 451. The van der Waals surface area contributed by atoms with E-state index in [4.69, 9.17) is 0 Å². The van der Waals surface area contributed by atoms with Crippen LogP contribution in [-0.4, -0.2) is 51.5 Å². The molecule has 2 fully saturated rings. The first-order chi connectivity index (χ1) is 9.83. The number of nitrogens with one attached hydrogen (secondary N) is 2. The second kappa shape index (κ2) is 6.58. The van der Waals surface area contributed by atoms with E-state index in [0.29, 0.717) is 17.0 Å². The van der Waals surface area contributed by atoms with Gasteiger partial charge in [-0.2, -0.15) is 11.8 Å². The van der Waals surface area contributed by atoms with Gasteiger partial charge in [0, 0.05) is 11.8 Å². The number of thioether (sulfide) groups is 1. The van der Waals surface area contributed by atoms with Crippen LogP contribution in [0.25, 0.3) is 0 Å². The van der Waals surface area contributed by atoms with E-state index in [0.717, 1.165) is 32.5 Å². The first-order valence-electron chi connectivity index (χ1n) is 7.35. The van der Waals surface area contributed by atoms with Gasteiger partial charge in [0.2, 0.25) is 0 Å². The van der Waals surface area contributed by atoms with Crippen molar-refractivity contribution in [3.8, 4) is 0 Å². The molecule has 1 unspecified atom stereocenters. The number of hydrogen-bond donors (Lipinski definition) is 2. The van der Waals surface area contributed by atoms with Crippen LogP contribution in [0.5, 0.6) is 0 Å². The van der Waals surface area contributed by atoms with Crippen molar-refractivity contribution in [3.63, 3.8) is 0 Å². The Morgan fingerprint density at radius 3 is 3.05 bits per heavy atom. The summed E-state index contributed by atoms with van der Waals surface area (Å²) in [7, 11) is 0. The first kappa shape index (κ1) is 13.9. The number of aromatic nitrogens is 3. The van der Waals surface area contributed by atoms with Gasteiger partial charge in [-0.15, -0.1) is 5.10 Å². The number of rotatable bonds is 4. The summed E-state index contributed by atoms with van der Waals surface area (Å²) < 4.78 is 1.85. The Morgan fingerprint density at radius 1 is 1.45 bits per heavy atom. The Kier molecular flexibility index (Phi) is 4.57. The van der Waals surface area contributed by atoms with Gasteiger partial charge >= 0.3 is 0 Å². The van der Waals surface area contributed by atoms with Crippen molar-refractivity contribution in [1.82, 2.24) is 25.6 Å². The first-order valence-corrected chi connectivity index (χ1v) is 8.40. The molecular weight excluding hydrogens is 274 g/mol. The fourth-order valence-electron chi connectivity index (χ4n) is 2.73. The van der Waals surface area contributed by atoms with Gasteiger partial charge in [-0.05, 0) is 44.5 Å². The number of nitrogens with zero attached hydrogens (tertiary/aromatic N) is 3. The van der Waals surface area contributed by atoms with Crippen molar-refractivity contribution in [1.29, 1.82) is 0 Å². The van der Waals surface area contributed by atoms with E-state index in [1.165, 1.54) is 18.6 Å². The maximum Gasteiger partial charge on any atom is 0.273 e. The van der Waals surface area contributed by atoms with Crippen LogP contribution < -0.4 is 10.6 Å². The Morgan fingerprint density at radius 2 is 2.30 bits per heavy atom. The zero-order valence-corrected chi connectivity index (χ0v) is 12.4. The Labute approximate surface area is 123 Å². The summed E-state index contributed by atoms with van der Waals surface area (Å²) in [5.41, 5.74) is 0.437. The number of amides is 1. The molecule has 1 aromatic heterocycles. The lowest BCUT2D eigenvalue weighted by atomic mass is 10.1. The molecule has 1 aromatic rings. The minimum atomic E-state index is -0.0994. The summed E-state index contributed by atoms with van der Waals surface area (Å²) in [6, 6.07) is 0.371. The highest BCUT2D eigenvalue weighted by Crippen LogP contribution is 2.25. The zero-order valence-electron chi connectivity index (χ0n) is 11.5. The fraction of sp³-hybridized carbons (Fsp3) is 0.769. The lowest BCUT2D eigenvalue weighted by Gasteiger charge is -2.22. The molecule has 1 amide bonds. The Hall–Kier alpha value is -1.08. The molecule has 0 saturated carbocycles. The molecule has 110 valence electrons. The van der Waals surface area contributed by atoms with Crippen LogP contribution in [-0.2, 0) is 0 Å². The minimum Gasteiger partial charge on any atom is -0.349 e. The van der Waals surface area contributed by atoms with Gasteiger partial charge in [0.1, 0.15) is 0 Å². The van der Waals surface area contributed by atoms with E-state index in [2.05, 4.69) is 20.9 Å². The monoisotopic (exact) mass is 295 g/mol. The van der Waals surface area contributed by atoms with Gasteiger partial charge in [0.25, 0.3) is 5.91 Å². The largest absolute Gasteiger partial charge is 0.349 e. The lowest BCUT2D eigenvalue weighted by Crippen LogP contribution is -2.30. The van der Waals surface area contributed by atoms with Gasteiger partial charge in [-0.1, -0.05) is 5.21 Å². The molecular formula is C13H21N5OS. The molecule has 0 aromatic carbocycles. The summed E-state index contributed by atoms with van der Waals surface area (Å²) in [5, 5.41) is 15.0. The SMILES string of the molecule is O=C(NCC1CCCS1)c1cn(C2CCNCC2)nn1. The highest BCUT2D eigenvalue weighted by Gasteiger charge is 2.20. The van der Waals surface area contributed by atoms with E-state index in [9.17, 15) is 4.79 Å². The number of piperidine rings is 1. The molecule has 0 spiro atoms.